The molecule has 2 saturated heterocycles. The van der Waals surface area contributed by atoms with Gasteiger partial charge in [0.25, 0.3) is 0 Å². The van der Waals surface area contributed by atoms with E-state index < -0.39 is 6.17 Å². The second-order valence-corrected chi connectivity index (χ2v) is 12.1. The van der Waals surface area contributed by atoms with Crippen LogP contribution < -0.4 is 5.32 Å². The summed E-state index contributed by atoms with van der Waals surface area (Å²) in [5.41, 5.74) is 8.13. The summed E-state index contributed by atoms with van der Waals surface area (Å²) in [5.74, 6) is 0.198. The van der Waals surface area contributed by atoms with Crippen molar-refractivity contribution >= 4 is 32.3 Å². The van der Waals surface area contributed by atoms with E-state index in [0.717, 1.165) is 65.5 Å². The molecular weight excluding hydrogens is 495 g/mol. The quantitative estimate of drug-likeness (QED) is 0.195. The second kappa shape index (κ2) is 10.9. The Morgan fingerprint density at radius 3 is 2.74 bits per heavy atom. The molecule has 0 unspecified atom stereocenters. The van der Waals surface area contributed by atoms with E-state index in [1.54, 1.807) is 11.3 Å². The topological polar surface area (TPSA) is 49.6 Å². The second-order valence-electron chi connectivity index (χ2n) is 11.1. The van der Waals surface area contributed by atoms with Crippen molar-refractivity contribution in [3.63, 3.8) is 0 Å². The highest BCUT2D eigenvalue weighted by Gasteiger charge is 2.21. The van der Waals surface area contributed by atoms with Crippen LogP contribution in [0.5, 0.6) is 0 Å². The van der Waals surface area contributed by atoms with Crippen LogP contribution in [-0.2, 0) is 0 Å². The highest BCUT2D eigenvalue weighted by atomic mass is 32.1. The van der Waals surface area contributed by atoms with Crippen LogP contribution in [0, 0.1) is 13.8 Å². The molecule has 2 aromatic carbocycles. The third kappa shape index (κ3) is 5.04. The zero-order valence-electron chi connectivity index (χ0n) is 22.4. The number of hydrogen-bond acceptors (Lipinski definition) is 5. The Balaban J connectivity index is 1.14. The number of imidazole rings is 1. The molecule has 0 amide bonds. The number of aromatic nitrogens is 2. The first-order valence-electron chi connectivity index (χ1n) is 14.1. The number of carbonyl (C=O) groups excluding carboxylic acids is 1. The number of carbonyl (C=O) groups is 1. The first kappa shape index (κ1) is 25.7. The van der Waals surface area contributed by atoms with Gasteiger partial charge in [-0.1, -0.05) is 23.5 Å². The number of rotatable bonds is 8. The summed E-state index contributed by atoms with van der Waals surface area (Å²) in [6.45, 7) is 8.19. The van der Waals surface area contributed by atoms with E-state index in [-0.39, 0.29) is 5.78 Å². The molecule has 38 heavy (non-hydrogen) atoms. The summed E-state index contributed by atoms with van der Waals surface area (Å²) < 4.78 is 16.6. The minimum absolute atomic E-state index is 0.198. The van der Waals surface area contributed by atoms with Crippen molar-refractivity contribution < 1.29 is 9.18 Å². The van der Waals surface area contributed by atoms with Crippen molar-refractivity contribution in [1.82, 2.24) is 19.6 Å². The first-order valence-corrected chi connectivity index (χ1v) is 14.9. The summed E-state index contributed by atoms with van der Waals surface area (Å²) in [4.78, 5) is 21.1. The van der Waals surface area contributed by atoms with Crippen LogP contribution in [-0.4, -0.2) is 52.4 Å². The van der Waals surface area contributed by atoms with E-state index in [1.807, 2.05) is 12.1 Å². The summed E-state index contributed by atoms with van der Waals surface area (Å²) >= 11 is 1.64. The van der Waals surface area contributed by atoms with E-state index >= 15 is 0 Å². The van der Waals surface area contributed by atoms with Crippen LogP contribution in [0.1, 0.15) is 78.0 Å². The molecule has 0 aliphatic carbocycles. The number of nitrogens with zero attached hydrogens (tertiary/aromatic N) is 3. The number of benzene rings is 2. The molecule has 4 heterocycles. The average Bonchev–Trinajstić information content (AvgIpc) is 3.66. The lowest BCUT2D eigenvalue weighted by molar-refractivity contribution is 0.0976. The van der Waals surface area contributed by atoms with E-state index in [4.69, 9.17) is 4.98 Å². The highest BCUT2D eigenvalue weighted by molar-refractivity contribution is 7.23. The first-order chi connectivity index (χ1) is 18.5. The van der Waals surface area contributed by atoms with Crippen LogP contribution in [0.4, 0.5) is 4.39 Å². The van der Waals surface area contributed by atoms with Gasteiger partial charge in [0.2, 0.25) is 0 Å². The number of thiazole rings is 1. The van der Waals surface area contributed by atoms with Gasteiger partial charge in [0.05, 0.1) is 15.9 Å². The van der Waals surface area contributed by atoms with Crippen molar-refractivity contribution in [3.8, 4) is 11.3 Å². The molecule has 2 aliphatic heterocycles. The standard InChI is InChI=1S/C31H37FN4OS/c1-20-21(2)25(10-9-24(20)26-6-5-14-33-26)27-19-36-28-11-8-22(18-30(28)38-31(36)34-27)29(37)7-3-4-15-35-16-12-23(32)13-17-35/h8-11,18-19,23,26,33H,3-7,12-17H2,1-2H3/t26-/m1/s1. The Bertz CT molecular complexity index is 1460. The Hall–Kier alpha value is -2.61. The predicted molar refractivity (Wildman–Crippen MR) is 154 cm³/mol. The van der Waals surface area contributed by atoms with Gasteiger partial charge in [0.15, 0.2) is 10.7 Å². The number of halogens is 1. The number of piperidine rings is 1. The van der Waals surface area contributed by atoms with Gasteiger partial charge in [-0.05, 0) is 100 Å². The zero-order valence-corrected chi connectivity index (χ0v) is 23.2. The van der Waals surface area contributed by atoms with Gasteiger partial charge in [-0.25, -0.2) is 9.37 Å². The summed E-state index contributed by atoms with van der Waals surface area (Å²) in [5, 5.41) is 3.62. The van der Waals surface area contributed by atoms with Crippen molar-refractivity contribution in [1.29, 1.82) is 0 Å². The smallest absolute Gasteiger partial charge is 0.195 e. The third-order valence-corrected chi connectivity index (χ3v) is 9.62. The molecule has 200 valence electrons. The maximum atomic E-state index is 13.3. The molecule has 2 fully saturated rings. The van der Waals surface area contributed by atoms with Gasteiger partial charge < -0.3 is 10.2 Å². The Labute approximate surface area is 228 Å². The molecule has 2 aromatic heterocycles. The molecule has 1 atom stereocenters. The Kier molecular flexibility index (Phi) is 7.34. The van der Waals surface area contributed by atoms with Crippen LogP contribution >= 0.6 is 11.3 Å². The molecule has 0 bridgehead atoms. The molecule has 6 rings (SSSR count). The molecule has 0 radical (unpaired) electrons. The van der Waals surface area contributed by atoms with Crippen LogP contribution in [0.3, 0.4) is 0 Å². The number of ketones is 1. The van der Waals surface area contributed by atoms with Crippen molar-refractivity contribution in [3.05, 3.63) is 58.8 Å². The third-order valence-electron chi connectivity index (χ3n) is 8.60. The van der Waals surface area contributed by atoms with E-state index in [9.17, 15) is 9.18 Å². The highest BCUT2D eigenvalue weighted by Crippen LogP contribution is 2.35. The lowest BCUT2D eigenvalue weighted by Gasteiger charge is -2.28. The Morgan fingerprint density at radius 2 is 1.95 bits per heavy atom. The number of nitrogens with one attached hydrogen (secondary N) is 1. The fourth-order valence-corrected chi connectivity index (χ4v) is 7.19. The maximum Gasteiger partial charge on any atom is 0.195 e. The van der Waals surface area contributed by atoms with Crippen molar-refractivity contribution in [2.75, 3.05) is 26.2 Å². The maximum absolute atomic E-state index is 13.3. The fourth-order valence-electron chi connectivity index (χ4n) is 6.14. The lowest BCUT2D eigenvalue weighted by Crippen LogP contribution is -2.35. The lowest BCUT2D eigenvalue weighted by atomic mass is 9.92. The number of alkyl halides is 1. The minimum atomic E-state index is -0.631. The fraction of sp³-hybridized carbons (Fsp3) is 0.484. The molecule has 2 aliphatic rings. The summed E-state index contributed by atoms with van der Waals surface area (Å²) in [7, 11) is 0. The van der Waals surface area contributed by atoms with E-state index in [0.29, 0.717) is 25.3 Å². The van der Waals surface area contributed by atoms with Crippen molar-refractivity contribution in [2.45, 2.75) is 71.0 Å². The average molecular weight is 533 g/mol. The SMILES string of the molecule is Cc1c(-c2cn3c(n2)sc2cc(C(=O)CCCCN4CCC(F)CC4)ccc23)ccc([C@H]2CCCN2)c1C. The van der Waals surface area contributed by atoms with Gasteiger partial charge in [-0.15, -0.1) is 0 Å². The van der Waals surface area contributed by atoms with Gasteiger partial charge in [0, 0.05) is 42.9 Å². The number of likely N-dealkylation sites (tertiary alicyclic amines) is 1. The van der Waals surface area contributed by atoms with Crippen LogP contribution in [0.25, 0.3) is 26.4 Å². The van der Waals surface area contributed by atoms with Gasteiger partial charge in [0.1, 0.15) is 6.17 Å². The Morgan fingerprint density at radius 1 is 1.11 bits per heavy atom. The summed E-state index contributed by atoms with van der Waals surface area (Å²) in [6.07, 6.45) is 7.66. The molecular formula is C31H37FN4OS. The van der Waals surface area contributed by atoms with Gasteiger partial charge >= 0.3 is 0 Å². The number of fused-ring (bicyclic) bond motifs is 3. The zero-order chi connectivity index (χ0) is 26.2. The molecule has 1 N–H and O–H groups in total. The normalized spacial score (nSPS) is 19.2. The number of Topliss-reactive ketones (excluding diaryl/α,β-unsaturated/α-hetero) is 1. The van der Waals surface area contributed by atoms with Crippen LogP contribution in [0.2, 0.25) is 0 Å². The number of hydrogen-bond donors (Lipinski definition) is 1. The molecule has 4 aromatic rings. The predicted octanol–water partition coefficient (Wildman–Crippen LogP) is 7.04. The molecule has 7 heteroatoms. The van der Waals surface area contributed by atoms with Gasteiger partial charge in [-0.3, -0.25) is 9.20 Å². The minimum Gasteiger partial charge on any atom is -0.310 e. The monoisotopic (exact) mass is 532 g/mol. The van der Waals surface area contributed by atoms with Gasteiger partial charge in [-0.2, -0.15) is 0 Å². The van der Waals surface area contributed by atoms with E-state index in [2.05, 4.69) is 52.9 Å². The van der Waals surface area contributed by atoms with Crippen LogP contribution in [0.15, 0.2) is 36.5 Å². The summed E-state index contributed by atoms with van der Waals surface area (Å²) in [6, 6.07) is 11.0. The van der Waals surface area contributed by atoms with Crippen molar-refractivity contribution in [2.24, 2.45) is 0 Å². The molecule has 5 nitrogen and oxygen atoms in total. The number of unbranched alkanes of at least 4 members (excludes halogenated alkanes) is 1. The largest absolute Gasteiger partial charge is 0.310 e. The molecule has 0 spiro atoms. The van der Waals surface area contributed by atoms with E-state index in [1.165, 1.54) is 35.1 Å². The molecule has 0 saturated carbocycles.